The molecule has 6 nitrogen and oxygen atoms in total. The fourth-order valence-corrected chi connectivity index (χ4v) is 4.00. The number of nitrogens with zero attached hydrogens (tertiary/aromatic N) is 3. The molecule has 1 fully saturated rings. The predicted molar refractivity (Wildman–Crippen MR) is 131 cm³/mol. The Kier molecular flexibility index (Phi) is 6.75. The van der Waals surface area contributed by atoms with Gasteiger partial charge < -0.3 is 9.64 Å². The first-order valence-electron chi connectivity index (χ1n) is 11.4. The number of carbonyl (C=O) groups is 2. The number of hydrogen-bond donors (Lipinski definition) is 0. The van der Waals surface area contributed by atoms with Crippen LogP contribution < -0.4 is 9.64 Å². The number of ether oxygens (including phenoxy) is 1. The van der Waals surface area contributed by atoms with E-state index in [1.807, 2.05) is 19.9 Å². The molecule has 1 aliphatic rings. The number of imide groups is 1. The third-order valence-electron chi connectivity index (χ3n) is 6.04. The van der Waals surface area contributed by atoms with Crippen molar-refractivity contribution < 1.29 is 23.1 Å². The van der Waals surface area contributed by atoms with Gasteiger partial charge in [0.2, 0.25) is 11.8 Å². The van der Waals surface area contributed by atoms with E-state index in [9.17, 15) is 9.59 Å². The van der Waals surface area contributed by atoms with Crippen molar-refractivity contribution >= 4 is 17.6 Å². The number of anilines is 1. The SMILES string of the molecule is CC(C)Oc1ccc(C2(C)CC(=O)N(c3c(F)cc(C#Cc4ccccc4)cc3F)C(=O)N2C)cn1. The van der Waals surface area contributed by atoms with Crippen LogP contribution in [0.15, 0.2) is 60.8 Å². The van der Waals surface area contributed by atoms with E-state index in [-0.39, 0.29) is 18.1 Å². The Morgan fingerprint density at radius 2 is 1.64 bits per heavy atom. The Bertz CT molecular complexity index is 1340. The molecule has 8 heteroatoms. The van der Waals surface area contributed by atoms with Gasteiger partial charge in [-0.2, -0.15) is 0 Å². The van der Waals surface area contributed by atoms with Gasteiger partial charge in [-0.15, -0.1) is 0 Å². The zero-order chi connectivity index (χ0) is 26.0. The van der Waals surface area contributed by atoms with Crippen LogP contribution >= 0.6 is 0 Å². The molecule has 1 atom stereocenters. The number of rotatable bonds is 4. The zero-order valence-corrected chi connectivity index (χ0v) is 20.4. The maximum absolute atomic E-state index is 15.1. The Balaban J connectivity index is 1.62. The molecule has 3 aromatic rings. The lowest BCUT2D eigenvalue weighted by atomic mass is 9.86. The lowest BCUT2D eigenvalue weighted by Crippen LogP contribution is -2.60. The number of aromatic nitrogens is 1. The summed E-state index contributed by atoms with van der Waals surface area (Å²) in [6.45, 7) is 5.45. The van der Waals surface area contributed by atoms with Crippen LogP contribution in [0.1, 0.15) is 43.9 Å². The van der Waals surface area contributed by atoms with Crippen LogP contribution in [-0.2, 0) is 10.3 Å². The summed E-state index contributed by atoms with van der Waals surface area (Å²) in [4.78, 5) is 32.5. The van der Waals surface area contributed by atoms with E-state index < -0.39 is 34.8 Å². The van der Waals surface area contributed by atoms with Crippen LogP contribution in [-0.4, -0.2) is 35.0 Å². The largest absolute Gasteiger partial charge is 0.475 e. The van der Waals surface area contributed by atoms with Crippen molar-refractivity contribution in [3.63, 3.8) is 0 Å². The van der Waals surface area contributed by atoms with Gasteiger partial charge in [-0.25, -0.2) is 23.5 Å². The third kappa shape index (κ3) is 4.78. The molecule has 1 aliphatic heterocycles. The normalized spacial score (nSPS) is 17.8. The standard InChI is InChI=1S/C28H25F2N3O3/c1-18(2)36-24-13-12-21(17-31-24)28(3)16-25(34)33(27(35)32(28)4)26-22(29)14-20(15-23(26)30)11-10-19-8-6-5-7-9-19/h5-9,12-15,17-18H,16H2,1-4H3. The Morgan fingerprint density at radius 3 is 2.22 bits per heavy atom. The fraction of sp³-hybridized carbons (Fsp3) is 0.250. The Labute approximate surface area is 208 Å². The minimum Gasteiger partial charge on any atom is -0.475 e. The van der Waals surface area contributed by atoms with Crippen LogP contribution in [0.25, 0.3) is 0 Å². The molecule has 1 aromatic heterocycles. The summed E-state index contributed by atoms with van der Waals surface area (Å²) < 4.78 is 35.7. The highest BCUT2D eigenvalue weighted by Crippen LogP contribution is 2.39. The predicted octanol–water partition coefficient (Wildman–Crippen LogP) is 5.25. The number of benzene rings is 2. The molecule has 2 heterocycles. The highest BCUT2D eigenvalue weighted by atomic mass is 19.1. The quantitative estimate of drug-likeness (QED) is 0.470. The lowest BCUT2D eigenvalue weighted by Gasteiger charge is -2.45. The molecule has 0 N–H and O–H groups in total. The molecule has 1 saturated heterocycles. The highest BCUT2D eigenvalue weighted by molar-refractivity contribution is 6.16. The highest BCUT2D eigenvalue weighted by Gasteiger charge is 2.47. The molecule has 0 aliphatic carbocycles. The van der Waals surface area contributed by atoms with Gasteiger partial charge in [-0.3, -0.25) is 4.79 Å². The van der Waals surface area contributed by atoms with Gasteiger partial charge in [0.25, 0.3) is 0 Å². The first-order valence-corrected chi connectivity index (χ1v) is 11.4. The molecule has 3 amide bonds. The maximum atomic E-state index is 15.1. The molecule has 0 saturated carbocycles. The van der Waals surface area contributed by atoms with E-state index >= 15 is 8.78 Å². The first-order chi connectivity index (χ1) is 17.1. The van der Waals surface area contributed by atoms with Gasteiger partial charge in [-0.1, -0.05) is 30.0 Å². The van der Waals surface area contributed by atoms with Crippen LogP contribution in [0.4, 0.5) is 19.3 Å². The maximum Gasteiger partial charge on any atom is 0.332 e. The number of amides is 3. The number of halogens is 2. The van der Waals surface area contributed by atoms with Crippen LogP contribution in [0.3, 0.4) is 0 Å². The van der Waals surface area contributed by atoms with Crippen LogP contribution in [0, 0.1) is 23.5 Å². The van der Waals surface area contributed by atoms with Crippen molar-refractivity contribution in [2.75, 3.05) is 11.9 Å². The Morgan fingerprint density at radius 1 is 1.00 bits per heavy atom. The van der Waals surface area contributed by atoms with E-state index in [2.05, 4.69) is 16.8 Å². The average Bonchev–Trinajstić information content (AvgIpc) is 2.83. The van der Waals surface area contributed by atoms with Crippen molar-refractivity contribution in [3.05, 3.63) is 89.1 Å². The lowest BCUT2D eigenvalue weighted by molar-refractivity contribution is -0.122. The molecule has 0 radical (unpaired) electrons. The first kappa shape index (κ1) is 24.9. The third-order valence-corrected chi connectivity index (χ3v) is 6.04. The second-order valence-corrected chi connectivity index (χ2v) is 8.98. The second-order valence-electron chi connectivity index (χ2n) is 8.98. The summed E-state index contributed by atoms with van der Waals surface area (Å²) in [5.41, 5.74) is -0.425. The van der Waals surface area contributed by atoms with E-state index in [4.69, 9.17) is 4.74 Å². The van der Waals surface area contributed by atoms with E-state index in [0.29, 0.717) is 21.9 Å². The summed E-state index contributed by atoms with van der Waals surface area (Å²) in [6, 6.07) is 13.5. The van der Waals surface area contributed by atoms with E-state index in [1.165, 1.54) is 18.1 Å². The summed E-state index contributed by atoms with van der Waals surface area (Å²) in [5, 5.41) is 0. The minimum absolute atomic E-state index is 0.0616. The zero-order valence-electron chi connectivity index (χ0n) is 20.4. The van der Waals surface area contributed by atoms with Gasteiger partial charge >= 0.3 is 6.03 Å². The molecule has 0 bridgehead atoms. The molecule has 0 spiro atoms. The van der Waals surface area contributed by atoms with E-state index in [1.54, 1.807) is 43.3 Å². The average molecular weight is 490 g/mol. The Hall–Kier alpha value is -4.25. The summed E-state index contributed by atoms with van der Waals surface area (Å²) >= 11 is 0. The fourth-order valence-electron chi connectivity index (χ4n) is 4.00. The number of carbonyl (C=O) groups excluding carboxylic acids is 2. The van der Waals surface area contributed by atoms with Gasteiger partial charge in [0.15, 0.2) is 11.6 Å². The summed E-state index contributed by atoms with van der Waals surface area (Å²) in [5.74, 6) is 3.11. The molecule has 2 aromatic carbocycles. The summed E-state index contributed by atoms with van der Waals surface area (Å²) in [6.07, 6.45) is 1.27. The van der Waals surface area contributed by atoms with Gasteiger partial charge in [0.05, 0.1) is 18.1 Å². The van der Waals surface area contributed by atoms with E-state index in [0.717, 1.165) is 12.1 Å². The molecule has 1 unspecified atom stereocenters. The van der Waals surface area contributed by atoms with Gasteiger partial charge in [-0.05, 0) is 56.7 Å². The van der Waals surface area contributed by atoms with Crippen molar-refractivity contribution in [3.8, 4) is 17.7 Å². The molecular formula is C28H25F2N3O3. The van der Waals surface area contributed by atoms with Gasteiger partial charge in [0.1, 0.15) is 5.69 Å². The second kappa shape index (κ2) is 9.78. The van der Waals surface area contributed by atoms with Crippen molar-refractivity contribution in [2.45, 2.75) is 38.8 Å². The van der Waals surface area contributed by atoms with Gasteiger partial charge in [0, 0.05) is 30.4 Å². The smallest absolute Gasteiger partial charge is 0.332 e. The number of urea groups is 1. The monoisotopic (exact) mass is 489 g/mol. The molecular weight excluding hydrogens is 464 g/mol. The van der Waals surface area contributed by atoms with Crippen molar-refractivity contribution in [1.82, 2.24) is 9.88 Å². The molecule has 184 valence electrons. The van der Waals surface area contributed by atoms with Crippen LogP contribution in [0.2, 0.25) is 0 Å². The number of hydrogen-bond acceptors (Lipinski definition) is 4. The van der Waals surface area contributed by atoms with Crippen molar-refractivity contribution in [1.29, 1.82) is 0 Å². The minimum atomic E-state index is -1.07. The molecule has 36 heavy (non-hydrogen) atoms. The molecule has 4 rings (SSSR count). The summed E-state index contributed by atoms with van der Waals surface area (Å²) in [7, 11) is 1.48. The van der Waals surface area contributed by atoms with Crippen LogP contribution in [0.5, 0.6) is 5.88 Å². The van der Waals surface area contributed by atoms with Crippen molar-refractivity contribution in [2.24, 2.45) is 0 Å². The number of pyridine rings is 1. The topological polar surface area (TPSA) is 62.7 Å².